The molecule has 0 saturated carbocycles. The van der Waals surface area contributed by atoms with E-state index in [1.165, 1.54) is 15.9 Å². The van der Waals surface area contributed by atoms with Gasteiger partial charge in [0, 0.05) is 25.3 Å². The van der Waals surface area contributed by atoms with Crippen LogP contribution in [0.2, 0.25) is 0 Å². The maximum Gasteiger partial charge on any atom is 0.243 e. The first kappa shape index (κ1) is 22.1. The SMILES string of the molecule is CCN(CC)S(=O)(=O)c1cccc(NC(=O)CN(C)Cc2ccc(C)cc2)c1. The van der Waals surface area contributed by atoms with E-state index in [1.807, 2.05) is 43.1 Å². The first-order chi connectivity index (χ1) is 13.3. The van der Waals surface area contributed by atoms with Gasteiger partial charge < -0.3 is 5.32 Å². The molecule has 7 heteroatoms. The molecule has 1 N–H and O–H groups in total. The van der Waals surface area contributed by atoms with E-state index in [1.54, 1.807) is 32.0 Å². The maximum absolute atomic E-state index is 12.6. The standard InChI is InChI=1S/C21H29N3O3S/c1-5-24(6-2)28(26,27)20-9-7-8-19(14-20)22-21(25)16-23(4)15-18-12-10-17(3)11-13-18/h7-14H,5-6,15-16H2,1-4H3,(H,22,25). The van der Waals surface area contributed by atoms with Crippen molar-refractivity contribution in [3.8, 4) is 0 Å². The lowest BCUT2D eigenvalue weighted by Crippen LogP contribution is -2.31. The quantitative estimate of drug-likeness (QED) is 0.699. The van der Waals surface area contributed by atoms with Gasteiger partial charge in [-0.25, -0.2) is 8.42 Å². The van der Waals surface area contributed by atoms with Crippen molar-refractivity contribution in [3.63, 3.8) is 0 Å². The van der Waals surface area contributed by atoms with Crippen molar-refractivity contribution in [2.75, 3.05) is 32.0 Å². The van der Waals surface area contributed by atoms with Crippen molar-refractivity contribution in [1.82, 2.24) is 9.21 Å². The van der Waals surface area contributed by atoms with Gasteiger partial charge in [0.15, 0.2) is 0 Å². The Balaban J connectivity index is 2.01. The molecule has 6 nitrogen and oxygen atoms in total. The molecule has 2 aromatic carbocycles. The largest absolute Gasteiger partial charge is 0.325 e. The zero-order valence-corrected chi connectivity index (χ0v) is 17.8. The van der Waals surface area contributed by atoms with Crippen LogP contribution in [0.5, 0.6) is 0 Å². The van der Waals surface area contributed by atoms with Gasteiger partial charge in [0.2, 0.25) is 15.9 Å². The second kappa shape index (κ2) is 9.82. The molecule has 0 radical (unpaired) electrons. The fourth-order valence-electron chi connectivity index (χ4n) is 2.95. The molecule has 0 saturated heterocycles. The molecule has 2 rings (SSSR count). The Kier molecular flexibility index (Phi) is 7.74. The monoisotopic (exact) mass is 403 g/mol. The highest BCUT2D eigenvalue weighted by Crippen LogP contribution is 2.19. The van der Waals surface area contributed by atoms with Crippen molar-refractivity contribution in [2.24, 2.45) is 0 Å². The van der Waals surface area contributed by atoms with Crippen LogP contribution in [0.15, 0.2) is 53.4 Å². The zero-order valence-electron chi connectivity index (χ0n) is 17.0. The van der Waals surface area contributed by atoms with Gasteiger partial charge in [0.05, 0.1) is 11.4 Å². The topological polar surface area (TPSA) is 69.7 Å². The van der Waals surface area contributed by atoms with Gasteiger partial charge in [-0.2, -0.15) is 4.31 Å². The van der Waals surface area contributed by atoms with Gasteiger partial charge in [-0.3, -0.25) is 9.69 Å². The summed E-state index contributed by atoms with van der Waals surface area (Å²) < 4.78 is 26.7. The molecule has 1 amide bonds. The summed E-state index contributed by atoms with van der Waals surface area (Å²) in [6, 6.07) is 14.6. The zero-order chi connectivity index (χ0) is 20.7. The molecule has 0 spiro atoms. The van der Waals surface area contributed by atoms with Crippen LogP contribution >= 0.6 is 0 Å². The molecule has 0 unspecified atom stereocenters. The summed E-state index contributed by atoms with van der Waals surface area (Å²) in [6.45, 7) is 7.31. The summed E-state index contributed by atoms with van der Waals surface area (Å²) in [6.07, 6.45) is 0. The Morgan fingerprint density at radius 2 is 1.68 bits per heavy atom. The number of sulfonamides is 1. The van der Waals surface area contributed by atoms with E-state index in [4.69, 9.17) is 0 Å². The molecule has 0 aliphatic rings. The fraction of sp³-hybridized carbons (Fsp3) is 0.381. The maximum atomic E-state index is 12.6. The summed E-state index contributed by atoms with van der Waals surface area (Å²) in [4.78, 5) is 14.5. The van der Waals surface area contributed by atoms with Crippen LogP contribution in [-0.4, -0.2) is 50.2 Å². The number of aryl methyl sites for hydroxylation is 1. The number of rotatable bonds is 9. The molecule has 0 aliphatic heterocycles. The average Bonchev–Trinajstić information content (AvgIpc) is 2.64. The van der Waals surface area contributed by atoms with E-state index in [2.05, 4.69) is 5.32 Å². The summed E-state index contributed by atoms with van der Waals surface area (Å²) >= 11 is 0. The molecular formula is C21H29N3O3S. The van der Waals surface area contributed by atoms with Crippen molar-refractivity contribution >= 4 is 21.6 Å². The summed E-state index contributed by atoms with van der Waals surface area (Å²) in [5.74, 6) is -0.188. The van der Waals surface area contributed by atoms with Gasteiger partial charge in [-0.1, -0.05) is 49.7 Å². The Labute approximate surface area is 168 Å². The predicted molar refractivity (Wildman–Crippen MR) is 113 cm³/mol. The second-order valence-corrected chi connectivity index (χ2v) is 8.76. The lowest BCUT2D eigenvalue weighted by molar-refractivity contribution is -0.117. The van der Waals surface area contributed by atoms with Crippen LogP contribution in [0.25, 0.3) is 0 Å². The third kappa shape index (κ3) is 5.89. The summed E-state index contributed by atoms with van der Waals surface area (Å²) in [5.41, 5.74) is 2.80. The molecule has 28 heavy (non-hydrogen) atoms. The van der Waals surface area contributed by atoms with E-state index >= 15 is 0 Å². The average molecular weight is 404 g/mol. The molecule has 0 fully saturated rings. The fourth-order valence-corrected chi connectivity index (χ4v) is 4.46. The molecule has 0 bridgehead atoms. The summed E-state index contributed by atoms with van der Waals surface area (Å²) in [5, 5.41) is 2.79. The van der Waals surface area contributed by atoms with Crippen LogP contribution in [-0.2, 0) is 21.4 Å². The molecular weight excluding hydrogens is 374 g/mol. The number of carbonyl (C=O) groups is 1. The van der Waals surface area contributed by atoms with Gasteiger partial charge in [0.25, 0.3) is 0 Å². The number of nitrogens with zero attached hydrogens (tertiary/aromatic N) is 2. The number of nitrogens with one attached hydrogen (secondary N) is 1. The predicted octanol–water partition coefficient (Wildman–Crippen LogP) is 3.10. The van der Waals surface area contributed by atoms with Crippen molar-refractivity contribution < 1.29 is 13.2 Å². The second-order valence-electron chi connectivity index (χ2n) is 6.82. The van der Waals surface area contributed by atoms with Crippen LogP contribution < -0.4 is 5.32 Å². The number of benzene rings is 2. The van der Waals surface area contributed by atoms with E-state index in [-0.39, 0.29) is 17.3 Å². The van der Waals surface area contributed by atoms with Gasteiger partial charge in [0.1, 0.15) is 0 Å². The first-order valence-corrected chi connectivity index (χ1v) is 10.8. The minimum atomic E-state index is -3.56. The number of hydrogen-bond donors (Lipinski definition) is 1. The Morgan fingerprint density at radius 1 is 1.04 bits per heavy atom. The Morgan fingerprint density at radius 3 is 2.29 bits per heavy atom. The number of hydrogen-bond acceptors (Lipinski definition) is 4. The lowest BCUT2D eigenvalue weighted by atomic mass is 10.1. The summed E-state index contributed by atoms with van der Waals surface area (Å²) in [7, 11) is -1.68. The Bertz CT molecular complexity index is 891. The van der Waals surface area contributed by atoms with Crippen molar-refractivity contribution in [2.45, 2.75) is 32.2 Å². The highest BCUT2D eigenvalue weighted by molar-refractivity contribution is 7.89. The van der Waals surface area contributed by atoms with E-state index < -0.39 is 10.0 Å². The minimum Gasteiger partial charge on any atom is -0.325 e. The molecule has 0 aromatic heterocycles. The smallest absolute Gasteiger partial charge is 0.243 e. The van der Waals surface area contributed by atoms with Crippen LogP contribution in [0, 0.1) is 6.92 Å². The molecule has 0 atom stereocenters. The van der Waals surface area contributed by atoms with Crippen molar-refractivity contribution in [1.29, 1.82) is 0 Å². The van der Waals surface area contributed by atoms with Crippen LogP contribution in [0.1, 0.15) is 25.0 Å². The molecule has 152 valence electrons. The van der Waals surface area contributed by atoms with Gasteiger partial charge in [-0.15, -0.1) is 0 Å². The normalized spacial score (nSPS) is 11.8. The highest BCUT2D eigenvalue weighted by Gasteiger charge is 2.21. The first-order valence-electron chi connectivity index (χ1n) is 9.40. The van der Waals surface area contributed by atoms with E-state index in [0.29, 0.717) is 25.3 Å². The number of likely N-dealkylation sites (N-methyl/N-ethyl adjacent to an activating group) is 1. The van der Waals surface area contributed by atoms with E-state index in [9.17, 15) is 13.2 Å². The minimum absolute atomic E-state index is 0.182. The Hall–Kier alpha value is -2.22. The van der Waals surface area contributed by atoms with E-state index in [0.717, 1.165) is 5.56 Å². The highest BCUT2D eigenvalue weighted by atomic mass is 32.2. The van der Waals surface area contributed by atoms with Gasteiger partial charge >= 0.3 is 0 Å². The van der Waals surface area contributed by atoms with Crippen molar-refractivity contribution in [3.05, 3.63) is 59.7 Å². The third-order valence-corrected chi connectivity index (χ3v) is 6.49. The lowest BCUT2D eigenvalue weighted by Gasteiger charge is -2.19. The third-order valence-electron chi connectivity index (χ3n) is 4.45. The molecule has 0 aliphatic carbocycles. The number of amides is 1. The number of carbonyl (C=O) groups excluding carboxylic acids is 1. The van der Waals surface area contributed by atoms with Crippen LogP contribution in [0.4, 0.5) is 5.69 Å². The molecule has 2 aromatic rings. The van der Waals surface area contributed by atoms with Crippen LogP contribution in [0.3, 0.4) is 0 Å². The molecule has 0 heterocycles. The number of anilines is 1. The van der Waals surface area contributed by atoms with Gasteiger partial charge in [-0.05, 0) is 37.7 Å².